The summed E-state index contributed by atoms with van der Waals surface area (Å²) in [6, 6.07) is 12.2. The number of hydrogen-bond donors (Lipinski definition) is 1. The summed E-state index contributed by atoms with van der Waals surface area (Å²) in [5.41, 5.74) is 1.28. The van der Waals surface area contributed by atoms with E-state index in [4.69, 9.17) is 5.14 Å². The number of primary sulfonamides is 1. The van der Waals surface area contributed by atoms with E-state index in [9.17, 15) is 22.8 Å². The summed E-state index contributed by atoms with van der Waals surface area (Å²) in [6.07, 6.45) is -0.0405. The van der Waals surface area contributed by atoms with Crippen LogP contribution in [0.1, 0.15) is 45.7 Å². The molecule has 2 aromatic carbocycles. The third-order valence-electron chi connectivity index (χ3n) is 5.07. The first-order chi connectivity index (χ1) is 13.6. The number of nitrogens with two attached hydrogens (primary N) is 1. The van der Waals surface area contributed by atoms with Crippen molar-refractivity contribution in [1.29, 1.82) is 0 Å². The van der Waals surface area contributed by atoms with E-state index >= 15 is 0 Å². The summed E-state index contributed by atoms with van der Waals surface area (Å²) >= 11 is 0. The Morgan fingerprint density at radius 1 is 1.07 bits per heavy atom. The molecule has 0 aromatic heterocycles. The highest BCUT2D eigenvalue weighted by atomic mass is 32.2. The number of carbonyl (C=O) groups is 3. The highest BCUT2D eigenvalue weighted by Gasteiger charge is 2.35. The average molecular weight is 415 g/mol. The zero-order chi connectivity index (χ0) is 21.3. The van der Waals surface area contributed by atoms with E-state index in [1.807, 2.05) is 0 Å². The third-order valence-corrected chi connectivity index (χ3v) is 5.98. The van der Waals surface area contributed by atoms with E-state index in [0.29, 0.717) is 16.7 Å². The van der Waals surface area contributed by atoms with Crippen LogP contribution in [0.2, 0.25) is 0 Å². The molecule has 1 heterocycles. The highest BCUT2D eigenvalue weighted by molar-refractivity contribution is 7.89. The van der Waals surface area contributed by atoms with E-state index in [-0.39, 0.29) is 23.8 Å². The van der Waals surface area contributed by atoms with Crippen molar-refractivity contribution < 1.29 is 22.8 Å². The molecule has 0 bridgehead atoms. The smallest absolute Gasteiger partial charge is 0.261 e. The van der Waals surface area contributed by atoms with E-state index in [2.05, 4.69) is 0 Å². The van der Waals surface area contributed by atoms with Gasteiger partial charge in [0, 0.05) is 20.0 Å². The number of nitrogens with zero attached hydrogens (tertiary/aromatic N) is 2. The zero-order valence-corrected chi connectivity index (χ0v) is 16.8. The van der Waals surface area contributed by atoms with Crippen LogP contribution in [-0.2, 0) is 14.8 Å². The molecule has 8 nitrogen and oxygen atoms in total. The van der Waals surface area contributed by atoms with Crippen LogP contribution in [0.5, 0.6) is 0 Å². The third kappa shape index (κ3) is 4.06. The van der Waals surface area contributed by atoms with Crippen LogP contribution < -0.4 is 5.14 Å². The molecule has 2 N–H and O–H groups in total. The lowest BCUT2D eigenvalue weighted by Crippen LogP contribution is -2.36. The quantitative estimate of drug-likeness (QED) is 0.718. The maximum absolute atomic E-state index is 12.6. The lowest BCUT2D eigenvalue weighted by atomic mass is 10.1. The Labute approximate surface area is 169 Å². The maximum Gasteiger partial charge on any atom is 0.261 e. The van der Waals surface area contributed by atoms with Gasteiger partial charge in [0.2, 0.25) is 15.9 Å². The fourth-order valence-electron chi connectivity index (χ4n) is 3.22. The Bertz CT molecular complexity index is 1060. The molecule has 1 unspecified atom stereocenters. The molecule has 3 rings (SSSR count). The summed E-state index contributed by atoms with van der Waals surface area (Å²) in [5.74, 6) is -1.10. The van der Waals surface area contributed by atoms with Gasteiger partial charge in [-0.05, 0) is 36.8 Å². The number of fused-ring (bicyclic) bond motifs is 1. The molecule has 1 aliphatic heterocycles. The van der Waals surface area contributed by atoms with Crippen molar-refractivity contribution in [2.75, 3.05) is 13.6 Å². The number of benzene rings is 2. The van der Waals surface area contributed by atoms with Crippen LogP contribution in [0.25, 0.3) is 0 Å². The summed E-state index contributed by atoms with van der Waals surface area (Å²) in [7, 11) is -2.27. The summed E-state index contributed by atoms with van der Waals surface area (Å²) in [4.78, 5) is 39.9. The minimum absolute atomic E-state index is 0.0283. The second-order valence-corrected chi connectivity index (χ2v) is 8.42. The molecule has 0 radical (unpaired) electrons. The molecule has 2 aromatic rings. The number of amides is 3. The molecule has 0 saturated carbocycles. The molecule has 9 heteroatoms. The molecule has 1 atom stereocenters. The number of imide groups is 1. The first-order valence-electron chi connectivity index (χ1n) is 8.95. The van der Waals surface area contributed by atoms with Crippen molar-refractivity contribution >= 4 is 27.7 Å². The lowest BCUT2D eigenvalue weighted by Gasteiger charge is -2.26. The van der Waals surface area contributed by atoms with Crippen LogP contribution in [0, 0.1) is 0 Å². The lowest BCUT2D eigenvalue weighted by molar-refractivity contribution is -0.131. The Morgan fingerprint density at radius 3 is 2.21 bits per heavy atom. The fourth-order valence-corrected chi connectivity index (χ4v) is 3.79. The molecule has 0 saturated heterocycles. The Kier molecular flexibility index (Phi) is 5.54. The van der Waals surface area contributed by atoms with Gasteiger partial charge >= 0.3 is 0 Å². The van der Waals surface area contributed by atoms with Crippen molar-refractivity contribution in [3.8, 4) is 0 Å². The van der Waals surface area contributed by atoms with Gasteiger partial charge in [-0.2, -0.15) is 0 Å². The summed E-state index contributed by atoms with van der Waals surface area (Å²) in [5, 5.41) is 5.16. The SMILES string of the molecule is CC(c1cccc(S(N)(=O)=O)c1)N(C)C(=O)CCN1C(=O)c2ccccc2C1=O. The largest absolute Gasteiger partial charge is 0.339 e. The molecule has 152 valence electrons. The Balaban J connectivity index is 1.67. The fraction of sp³-hybridized carbons (Fsp3) is 0.250. The first-order valence-corrected chi connectivity index (χ1v) is 10.5. The van der Waals surface area contributed by atoms with Gasteiger partial charge in [0.05, 0.1) is 22.1 Å². The number of carbonyl (C=O) groups excluding carboxylic acids is 3. The van der Waals surface area contributed by atoms with Crippen molar-refractivity contribution in [1.82, 2.24) is 9.80 Å². The molecule has 29 heavy (non-hydrogen) atoms. The maximum atomic E-state index is 12.6. The van der Waals surface area contributed by atoms with Crippen molar-refractivity contribution in [2.45, 2.75) is 24.3 Å². The molecule has 0 aliphatic carbocycles. The predicted octanol–water partition coefficient (Wildman–Crippen LogP) is 1.54. The van der Waals surface area contributed by atoms with Gasteiger partial charge in [0.1, 0.15) is 0 Å². The van der Waals surface area contributed by atoms with Gasteiger partial charge < -0.3 is 4.90 Å². The standard InChI is InChI=1S/C20H21N3O5S/c1-13(14-6-5-7-15(12-14)29(21,27)28)22(2)18(24)10-11-23-19(25)16-8-3-4-9-17(16)20(23)26/h3-9,12-13H,10-11H2,1-2H3,(H2,21,27,28). The van der Waals surface area contributed by atoms with Gasteiger partial charge in [-0.15, -0.1) is 0 Å². The average Bonchev–Trinajstić information content (AvgIpc) is 2.95. The number of hydrogen-bond acceptors (Lipinski definition) is 5. The zero-order valence-electron chi connectivity index (χ0n) is 16.0. The van der Waals surface area contributed by atoms with Gasteiger partial charge in [-0.1, -0.05) is 24.3 Å². The van der Waals surface area contributed by atoms with Crippen molar-refractivity contribution in [3.05, 3.63) is 65.2 Å². The van der Waals surface area contributed by atoms with Crippen LogP contribution in [0.3, 0.4) is 0 Å². The van der Waals surface area contributed by atoms with Gasteiger partial charge in [0.25, 0.3) is 11.8 Å². The minimum atomic E-state index is -3.85. The topological polar surface area (TPSA) is 118 Å². The minimum Gasteiger partial charge on any atom is -0.339 e. The Hall–Kier alpha value is -3.04. The van der Waals surface area contributed by atoms with Gasteiger partial charge in [-0.25, -0.2) is 13.6 Å². The van der Waals surface area contributed by atoms with E-state index in [1.165, 1.54) is 17.0 Å². The predicted molar refractivity (Wildman–Crippen MR) is 105 cm³/mol. The second-order valence-electron chi connectivity index (χ2n) is 6.86. The van der Waals surface area contributed by atoms with Crippen LogP contribution >= 0.6 is 0 Å². The molecular formula is C20H21N3O5S. The number of sulfonamides is 1. The molecular weight excluding hydrogens is 394 g/mol. The van der Waals surface area contributed by atoms with Crippen molar-refractivity contribution in [3.63, 3.8) is 0 Å². The molecule has 0 spiro atoms. The van der Waals surface area contributed by atoms with Gasteiger partial charge in [-0.3, -0.25) is 19.3 Å². The van der Waals surface area contributed by atoms with E-state index in [0.717, 1.165) is 4.90 Å². The summed E-state index contributed by atoms with van der Waals surface area (Å²) in [6.45, 7) is 1.72. The van der Waals surface area contributed by atoms with E-state index in [1.54, 1.807) is 50.4 Å². The first kappa shape index (κ1) is 20.7. The second kappa shape index (κ2) is 7.76. The normalized spacial score (nSPS) is 14.7. The molecule has 1 aliphatic rings. The molecule has 0 fully saturated rings. The monoisotopic (exact) mass is 415 g/mol. The van der Waals surface area contributed by atoms with Crippen LogP contribution in [-0.4, -0.2) is 49.5 Å². The van der Waals surface area contributed by atoms with Crippen LogP contribution in [0.4, 0.5) is 0 Å². The highest BCUT2D eigenvalue weighted by Crippen LogP contribution is 2.24. The molecule has 3 amide bonds. The van der Waals surface area contributed by atoms with E-state index < -0.39 is 27.9 Å². The van der Waals surface area contributed by atoms with Crippen LogP contribution in [0.15, 0.2) is 53.4 Å². The summed E-state index contributed by atoms with van der Waals surface area (Å²) < 4.78 is 23.1. The Morgan fingerprint density at radius 2 is 1.66 bits per heavy atom. The van der Waals surface area contributed by atoms with Crippen molar-refractivity contribution in [2.24, 2.45) is 5.14 Å². The van der Waals surface area contributed by atoms with Gasteiger partial charge in [0.15, 0.2) is 0 Å². The number of rotatable bonds is 6.